The quantitative estimate of drug-likeness (QED) is 0.893. The van der Waals surface area contributed by atoms with Crippen molar-refractivity contribution in [2.45, 2.75) is 25.1 Å². The number of hydrogen-bond donors (Lipinski definition) is 1. The Bertz CT molecular complexity index is 397. The standard InChI is InChI=1S/C13H18FNOS/c1-3-6-15-11-8-17-7-9-12(16-2)5-4-10(14)13(9)11/h4-5,11,15H,3,6-8H2,1-2H3. The highest BCUT2D eigenvalue weighted by molar-refractivity contribution is 7.98. The molecular weight excluding hydrogens is 237 g/mol. The van der Waals surface area contributed by atoms with Crippen molar-refractivity contribution >= 4 is 11.8 Å². The SMILES string of the molecule is CCCNC1CSCc2c(OC)ccc(F)c21. The van der Waals surface area contributed by atoms with Crippen LogP contribution in [-0.2, 0) is 5.75 Å². The summed E-state index contributed by atoms with van der Waals surface area (Å²) in [6, 6.07) is 3.34. The van der Waals surface area contributed by atoms with Crippen LogP contribution in [0, 0.1) is 5.82 Å². The normalized spacial score (nSPS) is 18.9. The molecule has 0 saturated carbocycles. The predicted molar refractivity (Wildman–Crippen MR) is 70.1 cm³/mol. The Hall–Kier alpha value is -0.740. The van der Waals surface area contributed by atoms with Gasteiger partial charge in [-0.1, -0.05) is 6.92 Å². The first-order valence-corrected chi connectivity index (χ1v) is 7.09. The summed E-state index contributed by atoms with van der Waals surface area (Å²) in [4.78, 5) is 0. The summed E-state index contributed by atoms with van der Waals surface area (Å²) < 4.78 is 19.3. The van der Waals surface area contributed by atoms with Gasteiger partial charge in [-0.05, 0) is 25.1 Å². The minimum absolute atomic E-state index is 0.110. The molecule has 0 aromatic heterocycles. The summed E-state index contributed by atoms with van der Waals surface area (Å²) >= 11 is 1.83. The van der Waals surface area contributed by atoms with Gasteiger partial charge in [0.2, 0.25) is 0 Å². The van der Waals surface area contributed by atoms with Crippen LogP contribution in [0.2, 0.25) is 0 Å². The van der Waals surface area contributed by atoms with Crippen molar-refractivity contribution in [3.63, 3.8) is 0 Å². The molecule has 94 valence electrons. The van der Waals surface area contributed by atoms with Gasteiger partial charge in [0, 0.05) is 28.7 Å². The Labute approximate surface area is 106 Å². The second-order valence-electron chi connectivity index (χ2n) is 4.16. The topological polar surface area (TPSA) is 21.3 Å². The lowest BCUT2D eigenvalue weighted by Gasteiger charge is -2.27. The predicted octanol–water partition coefficient (Wildman–Crippen LogP) is 3.12. The molecule has 17 heavy (non-hydrogen) atoms. The van der Waals surface area contributed by atoms with Gasteiger partial charge in [-0.3, -0.25) is 0 Å². The Balaban J connectivity index is 2.35. The van der Waals surface area contributed by atoms with Crippen molar-refractivity contribution in [1.82, 2.24) is 5.32 Å². The maximum Gasteiger partial charge on any atom is 0.128 e. The lowest BCUT2D eigenvalue weighted by Crippen LogP contribution is -2.28. The Morgan fingerprint density at radius 2 is 2.35 bits per heavy atom. The van der Waals surface area contributed by atoms with Crippen molar-refractivity contribution in [3.8, 4) is 5.75 Å². The second-order valence-corrected chi connectivity index (χ2v) is 5.19. The van der Waals surface area contributed by atoms with Crippen molar-refractivity contribution in [2.75, 3.05) is 19.4 Å². The Morgan fingerprint density at radius 3 is 3.06 bits per heavy atom. The number of nitrogens with one attached hydrogen (secondary N) is 1. The van der Waals surface area contributed by atoms with Crippen LogP contribution in [-0.4, -0.2) is 19.4 Å². The van der Waals surface area contributed by atoms with E-state index in [1.54, 1.807) is 13.2 Å². The van der Waals surface area contributed by atoms with Crippen molar-refractivity contribution < 1.29 is 9.13 Å². The zero-order valence-electron chi connectivity index (χ0n) is 10.3. The smallest absolute Gasteiger partial charge is 0.128 e. The van der Waals surface area contributed by atoms with Gasteiger partial charge in [0.15, 0.2) is 0 Å². The molecule has 0 amide bonds. The minimum Gasteiger partial charge on any atom is -0.496 e. The molecule has 1 heterocycles. The van der Waals surface area contributed by atoms with Crippen LogP contribution in [0.25, 0.3) is 0 Å². The zero-order valence-corrected chi connectivity index (χ0v) is 11.1. The van der Waals surface area contributed by atoms with Gasteiger partial charge >= 0.3 is 0 Å². The molecular formula is C13H18FNOS. The molecule has 0 radical (unpaired) electrons. The third kappa shape index (κ3) is 2.58. The number of methoxy groups -OCH3 is 1. The highest BCUT2D eigenvalue weighted by atomic mass is 32.2. The summed E-state index contributed by atoms with van der Waals surface area (Å²) in [5.41, 5.74) is 1.81. The van der Waals surface area contributed by atoms with E-state index in [1.807, 2.05) is 11.8 Å². The van der Waals surface area contributed by atoms with E-state index in [9.17, 15) is 4.39 Å². The lowest BCUT2D eigenvalue weighted by molar-refractivity contribution is 0.406. The monoisotopic (exact) mass is 255 g/mol. The van der Waals surface area contributed by atoms with Crippen LogP contribution in [0.4, 0.5) is 4.39 Å². The average molecular weight is 255 g/mol. The first kappa shape index (κ1) is 12.7. The molecule has 1 atom stereocenters. The van der Waals surface area contributed by atoms with Gasteiger partial charge in [0.25, 0.3) is 0 Å². The first-order chi connectivity index (χ1) is 8.27. The largest absolute Gasteiger partial charge is 0.496 e. The maximum atomic E-state index is 14.0. The fourth-order valence-electron chi connectivity index (χ4n) is 2.17. The molecule has 0 saturated heterocycles. The van der Waals surface area contributed by atoms with E-state index in [4.69, 9.17) is 4.74 Å². The summed E-state index contributed by atoms with van der Waals surface area (Å²) in [5.74, 6) is 2.45. The molecule has 0 bridgehead atoms. The number of halogens is 1. The van der Waals surface area contributed by atoms with Gasteiger partial charge < -0.3 is 10.1 Å². The highest BCUT2D eigenvalue weighted by Gasteiger charge is 2.26. The van der Waals surface area contributed by atoms with Gasteiger partial charge in [0.1, 0.15) is 11.6 Å². The summed E-state index contributed by atoms with van der Waals surface area (Å²) in [6.45, 7) is 3.03. The van der Waals surface area contributed by atoms with Crippen molar-refractivity contribution in [1.29, 1.82) is 0 Å². The fourth-order valence-corrected chi connectivity index (χ4v) is 3.31. The number of ether oxygens (including phenoxy) is 1. The van der Waals surface area contributed by atoms with Crippen LogP contribution in [0.1, 0.15) is 30.5 Å². The van der Waals surface area contributed by atoms with Crippen molar-refractivity contribution in [3.05, 3.63) is 29.1 Å². The molecule has 1 aliphatic rings. The van der Waals surface area contributed by atoms with Crippen LogP contribution in [0.3, 0.4) is 0 Å². The molecule has 1 aliphatic heterocycles. The third-order valence-electron chi connectivity index (χ3n) is 3.00. The molecule has 1 aromatic rings. The van der Waals surface area contributed by atoms with E-state index in [0.717, 1.165) is 41.3 Å². The minimum atomic E-state index is -0.116. The fraction of sp³-hybridized carbons (Fsp3) is 0.538. The van der Waals surface area contributed by atoms with Crippen molar-refractivity contribution in [2.24, 2.45) is 0 Å². The van der Waals surface area contributed by atoms with Crippen LogP contribution >= 0.6 is 11.8 Å². The molecule has 0 fully saturated rings. The molecule has 0 spiro atoms. The van der Waals surface area contributed by atoms with E-state index in [-0.39, 0.29) is 11.9 Å². The Kier molecular flexibility index (Phi) is 4.29. The molecule has 1 N–H and O–H groups in total. The maximum absolute atomic E-state index is 14.0. The number of fused-ring (bicyclic) bond motifs is 1. The van der Waals surface area contributed by atoms with E-state index in [0.29, 0.717) is 0 Å². The number of hydrogen-bond acceptors (Lipinski definition) is 3. The average Bonchev–Trinajstić information content (AvgIpc) is 2.36. The van der Waals surface area contributed by atoms with Crippen LogP contribution in [0.5, 0.6) is 5.75 Å². The highest BCUT2D eigenvalue weighted by Crippen LogP contribution is 2.38. The summed E-state index contributed by atoms with van der Waals surface area (Å²) in [7, 11) is 1.64. The number of rotatable bonds is 4. The van der Waals surface area contributed by atoms with E-state index in [1.165, 1.54) is 6.07 Å². The second kappa shape index (κ2) is 5.74. The number of thioether (sulfide) groups is 1. The van der Waals surface area contributed by atoms with Gasteiger partial charge in [-0.25, -0.2) is 4.39 Å². The molecule has 1 unspecified atom stereocenters. The van der Waals surface area contributed by atoms with Crippen LogP contribution < -0.4 is 10.1 Å². The third-order valence-corrected chi connectivity index (χ3v) is 4.06. The Morgan fingerprint density at radius 1 is 1.53 bits per heavy atom. The van der Waals surface area contributed by atoms with Gasteiger partial charge in [-0.15, -0.1) is 0 Å². The van der Waals surface area contributed by atoms with E-state index >= 15 is 0 Å². The van der Waals surface area contributed by atoms with Crippen LogP contribution in [0.15, 0.2) is 12.1 Å². The molecule has 2 rings (SSSR count). The van der Waals surface area contributed by atoms with Gasteiger partial charge in [0.05, 0.1) is 7.11 Å². The van der Waals surface area contributed by atoms with E-state index in [2.05, 4.69) is 12.2 Å². The molecule has 4 heteroatoms. The first-order valence-electron chi connectivity index (χ1n) is 5.94. The van der Waals surface area contributed by atoms with E-state index < -0.39 is 0 Å². The summed E-state index contributed by atoms with van der Waals surface area (Å²) in [6.07, 6.45) is 1.06. The zero-order chi connectivity index (χ0) is 12.3. The molecule has 2 nitrogen and oxygen atoms in total. The lowest BCUT2D eigenvalue weighted by atomic mass is 10.00. The molecule has 0 aliphatic carbocycles. The number of benzene rings is 1. The summed E-state index contributed by atoms with van der Waals surface area (Å²) in [5, 5.41) is 3.40. The van der Waals surface area contributed by atoms with Gasteiger partial charge in [-0.2, -0.15) is 11.8 Å². The molecule has 1 aromatic carbocycles.